The topological polar surface area (TPSA) is 97.2 Å². The Labute approximate surface area is 173 Å². The lowest BCUT2D eigenvalue weighted by molar-refractivity contribution is 0.0729. The third-order valence-electron chi connectivity index (χ3n) is 4.19. The van der Waals surface area contributed by atoms with E-state index in [1.807, 2.05) is 19.1 Å². The molecule has 0 atom stereocenters. The van der Waals surface area contributed by atoms with E-state index in [1.165, 1.54) is 37.6 Å². The molecule has 0 fully saturated rings. The summed E-state index contributed by atoms with van der Waals surface area (Å²) in [6.45, 7) is 1.94. The van der Waals surface area contributed by atoms with E-state index in [0.717, 1.165) is 5.56 Å². The fourth-order valence-electron chi connectivity index (χ4n) is 2.54. The van der Waals surface area contributed by atoms with Gasteiger partial charge in [0.2, 0.25) is 0 Å². The average Bonchev–Trinajstić information content (AvgIpc) is 2.75. The molecule has 2 N–H and O–H groups in total. The van der Waals surface area contributed by atoms with Gasteiger partial charge in [0.1, 0.15) is 5.75 Å². The van der Waals surface area contributed by atoms with Crippen molar-refractivity contribution in [3.63, 3.8) is 0 Å². The van der Waals surface area contributed by atoms with Gasteiger partial charge in [-0.15, -0.1) is 0 Å². The smallest absolute Gasteiger partial charge is 0.343 e. The van der Waals surface area contributed by atoms with Crippen molar-refractivity contribution in [1.82, 2.24) is 5.43 Å². The van der Waals surface area contributed by atoms with Crippen LogP contribution >= 0.6 is 0 Å². The zero-order valence-electron chi connectivity index (χ0n) is 16.5. The van der Waals surface area contributed by atoms with Crippen LogP contribution in [0.1, 0.15) is 31.8 Å². The summed E-state index contributed by atoms with van der Waals surface area (Å²) in [6, 6.07) is 17.8. The Bertz CT molecular complexity index is 1070. The number of nitrogens with one attached hydrogen (secondary N) is 1. The lowest BCUT2D eigenvalue weighted by Crippen LogP contribution is -2.17. The number of hydrogen-bond donors (Lipinski definition) is 2. The Morgan fingerprint density at radius 2 is 1.60 bits per heavy atom. The number of ether oxygens (including phenoxy) is 2. The van der Waals surface area contributed by atoms with Crippen LogP contribution in [-0.4, -0.2) is 30.3 Å². The van der Waals surface area contributed by atoms with Crippen LogP contribution < -0.4 is 14.9 Å². The molecule has 0 aliphatic heterocycles. The molecule has 3 rings (SSSR count). The maximum Gasteiger partial charge on any atom is 0.343 e. The lowest BCUT2D eigenvalue weighted by atomic mass is 10.1. The van der Waals surface area contributed by atoms with Gasteiger partial charge in [-0.1, -0.05) is 17.7 Å². The zero-order chi connectivity index (χ0) is 21.5. The predicted octanol–water partition coefficient (Wildman–Crippen LogP) is 3.69. The van der Waals surface area contributed by atoms with Crippen LogP contribution in [0.2, 0.25) is 0 Å². The second kappa shape index (κ2) is 9.38. The van der Waals surface area contributed by atoms with Gasteiger partial charge in [0.15, 0.2) is 11.5 Å². The van der Waals surface area contributed by atoms with Gasteiger partial charge in [-0.25, -0.2) is 10.2 Å². The molecule has 7 heteroatoms. The van der Waals surface area contributed by atoms with Gasteiger partial charge in [0.25, 0.3) is 5.91 Å². The van der Waals surface area contributed by atoms with Crippen molar-refractivity contribution in [2.75, 3.05) is 7.11 Å². The van der Waals surface area contributed by atoms with E-state index in [4.69, 9.17) is 9.47 Å². The summed E-state index contributed by atoms with van der Waals surface area (Å²) < 4.78 is 10.7. The third-order valence-corrected chi connectivity index (χ3v) is 4.19. The fourth-order valence-corrected chi connectivity index (χ4v) is 2.54. The number of carbonyl (C=O) groups is 2. The minimum Gasteiger partial charge on any atom is -0.508 e. The first-order chi connectivity index (χ1) is 14.5. The number of phenolic OH excluding ortho intramolecular Hbond substituents is 1. The lowest BCUT2D eigenvalue weighted by Gasteiger charge is -2.10. The number of carbonyl (C=O) groups excluding carboxylic acids is 2. The molecule has 0 heterocycles. The molecule has 0 unspecified atom stereocenters. The number of hydrogen-bond acceptors (Lipinski definition) is 6. The summed E-state index contributed by atoms with van der Waals surface area (Å²) in [5.41, 5.74) is 4.88. The molecular weight excluding hydrogens is 384 g/mol. The van der Waals surface area contributed by atoms with Crippen LogP contribution in [0.3, 0.4) is 0 Å². The van der Waals surface area contributed by atoms with Crippen LogP contribution in [0, 0.1) is 6.92 Å². The van der Waals surface area contributed by atoms with Crippen LogP contribution in [-0.2, 0) is 0 Å². The predicted molar refractivity (Wildman–Crippen MR) is 112 cm³/mol. The molecule has 0 bridgehead atoms. The number of aromatic hydroxyl groups is 1. The minimum absolute atomic E-state index is 0.0744. The summed E-state index contributed by atoms with van der Waals surface area (Å²) in [5.74, 6) is -0.208. The highest BCUT2D eigenvalue weighted by Gasteiger charge is 2.12. The number of rotatable bonds is 6. The van der Waals surface area contributed by atoms with Gasteiger partial charge in [0.05, 0.1) is 18.9 Å². The van der Waals surface area contributed by atoms with E-state index in [2.05, 4.69) is 10.5 Å². The SMILES string of the molecule is COc1cc(/C=N\NC(=O)c2ccc(O)cc2)ccc1OC(=O)c1ccc(C)cc1. The van der Waals surface area contributed by atoms with E-state index in [1.54, 1.807) is 30.3 Å². The fraction of sp³-hybridized carbons (Fsp3) is 0.0870. The first-order valence-corrected chi connectivity index (χ1v) is 9.05. The number of esters is 1. The van der Waals surface area contributed by atoms with Crippen LogP contribution in [0.5, 0.6) is 17.2 Å². The molecule has 30 heavy (non-hydrogen) atoms. The summed E-state index contributed by atoms with van der Waals surface area (Å²) in [5, 5.41) is 13.2. The summed E-state index contributed by atoms with van der Waals surface area (Å²) in [6.07, 6.45) is 1.44. The van der Waals surface area contributed by atoms with Crippen LogP contribution in [0.4, 0.5) is 0 Å². The highest BCUT2D eigenvalue weighted by Crippen LogP contribution is 2.28. The number of phenols is 1. The zero-order valence-corrected chi connectivity index (χ0v) is 16.5. The molecule has 3 aromatic rings. The molecule has 7 nitrogen and oxygen atoms in total. The number of aryl methyl sites for hydroxylation is 1. The minimum atomic E-state index is -0.490. The quantitative estimate of drug-likeness (QED) is 0.283. The molecule has 0 aliphatic rings. The Balaban J connectivity index is 1.66. The molecule has 1 amide bonds. The maximum absolute atomic E-state index is 12.3. The summed E-state index contributed by atoms with van der Waals surface area (Å²) in [7, 11) is 1.46. The number of methoxy groups -OCH3 is 1. The van der Waals surface area contributed by atoms with Gasteiger partial charge in [-0.05, 0) is 67.1 Å². The molecule has 0 radical (unpaired) electrons. The van der Waals surface area contributed by atoms with E-state index in [0.29, 0.717) is 22.4 Å². The van der Waals surface area contributed by atoms with Gasteiger partial charge >= 0.3 is 5.97 Å². The van der Waals surface area contributed by atoms with Crippen molar-refractivity contribution in [3.8, 4) is 17.2 Å². The van der Waals surface area contributed by atoms with Crippen LogP contribution in [0.25, 0.3) is 0 Å². The second-order valence-electron chi connectivity index (χ2n) is 6.41. The Morgan fingerprint density at radius 3 is 2.27 bits per heavy atom. The van der Waals surface area contributed by atoms with E-state index in [-0.39, 0.29) is 11.5 Å². The largest absolute Gasteiger partial charge is 0.508 e. The van der Waals surface area contributed by atoms with Crippen molar-refractivity contribution in [3.05, 3.63) is 89.0 Å². The number of benzene rings is 3. The standard InChI is InChI=1S/C23H20N2O5/c1-15-3-6-18(7-4-15)23(28)30-20-12-5-16(13-21(20)29-2)14-24-25-22(27)17-8-10-19(26)11-9-17/h3-14,26H,1-2H3,(H,25,27)/b24-14-. The first kappa shape index (κ1) is 20.6. The van der Waals surface area contributed by atoms with Gasteiger partial charge in [-0.3, -0.25) is 4.79 Å². The van der Waals surface area contributed by atoms with Gasteiger partial charge < -0.3 is 14.6 Å². The Morgan fingerprint density at radius 1 is 0.933 bits per heavy atom. The Kier molecular flexibility index (Phi) is 6.44. The third kappa shape index (κ3) is 5.23. The van der Waals surface area contributed by atoms with Gasteiger partial charge in [-0.2, -0.15) is 5.10 Å². The monoisotopic (exact) mass is 404 g/mol. The molecule has 0 spiro atoms. The molecule has 0 saturated heterocycles. The summed E-state index contributed by atoms with van der Waals surface area (Å²) in [4.78, 5) is 24.3. The number of amides is 1. The second-order valence-corrected chi connectivity index (χ2v) is 6.41. The Hall–Kier alpha value is -4.13. The average molecular weight is 404 g/mol. The molecule has 0 aliphatic carbocycles. The molecule has 0 saturated carbocycles. The van der Waals surface area contributed by atoms with Crippen molar-refractivity contribution < 1.29 is 24.2 Å². The van der Waals surface area contributed by atoms with E-state index >= 15 is 0 Å². The molecule has 0 aromatic heterocycles. The van der Waals surface area contributed by atoms with E-state index in [9.17, 15) is 14.7 Å². The van der Waals surface area contributed by atoms with Crippen molar-refractivity contribution in [2.45, 2.75) is 6.92 Å². The number of hydrazone groups is 1. The molecule has 3 aromatic carbocycles. The highest BCUT2D eigenvalue weighted by molar-refractivity contribution is 5.95. The molecular formula is C23H20N2O5. The maximum atomic E-state index is 12.3. The van der Waals surface area contributed by atoms with Gasteiger partial charge in [0, 0.05) is 5.56 Å². The normalized spacial score (nSPS) is 10.6. The van der Waals surface area contributed by atoms with Crippen molar-refractivity contribution >= 4 is 18.1 Å². The van der Waals surface area contributed by atoms with Crippen molar-refractivity contribution in [1.29, 1.82) is 0 Å². The first-order valence-electron chi connectivity index (χ1n) is 9.05. The molecule has 152 valence electrons. The van der Waals surface area contributed by atoms with Crippen molar-refractivity contribution in [2.24, 2.45) is 5.10 Å². The van der Waals surface area contributed by atoms with Crippen LogP contribution in [0.15, 0.2) is 71.8 Å². The number of nitrogens with zero attached hydrogens (tertiary/aromatic N) is 1. The van der Waals surface area contributed by atoms with E-state index < -0.39 is 11.9 Å². The summed E-state index contributed by atoms with van der Waals surface area (Å²) >= 11 is 0. The highest BCUT2D eigenvalue weighted by atomic mass is 16.6.